The predicted molar refractivity (Wildman–Crippen MR) is 68.4 cm³/mol. The normalized spacial score (nSPS) is 19.8. The molecule has 1 atom stereocenters. The Morgan fingerprint density at radius 3 is 2.90 bits per heavy atom. The first-order valence-corrected chi connectivity index (χ1v) is 6.85. The monoisotopic (exact) mass is 305 g/mol. The number of hydrogen-bond acceptors (Lipinski definition) is 4. The third-order valence-electron chi connectivity index (χ3n) is 3.40. The molecule has 118 valence electrons. The van der Waals surface area contributed by atoms with Gasteiger partial charge < -0.3 is 10.2 Å². The lowest BCUT2D eigenvalue weighted by atomic mass is 10.1. The van der Waals surface area contributed by atoms with Crippen LogP contribution in [0.4, 0.5) is 13.2 Å². The van der Waals surface area contributed by atoms with E-state index in [9.17, 15) is 18.0 Å². The lowest BCUT2D eigenvalue weighted by Gasteiger charge is -2.32. The Bertz CT molecular complexity index is 448. The van der Waals surface area contributed by atoms with E-state index in [0.717, 1.165) is 12.8 Å². The minimum Gasteiger partial charge on any atom is -0.341 e. The highest BCUT2D eigenvalue weighted by atomic mass is 19.4. The lowest BCUT2D eigenvalue weighted by molar-refractivity contribution is -0.134. The summed E-state index contributed by atoms with van der Waals surface area (Å²) in [7, 11) is 0. The first kappa shape index (κ1) is 15.7. The first-order valence-electron chi connectivity index (χ1n) is 6.85. The van der Waals surface area contributed by atoms with Crippen LogP contribution in [0.25, 0.3) is 0 Å². The molecule has 1 aliphatic heterocycles. The van der Waals surface area contributed by atoms with Gasteiger partial charge in [-0.3, -0.25) is 4.79 Å². The van der Waals surface area contributed by atoms with E-state index in [1.54, 1.807) is 15.9 Å². The first-order chi connectivity index (χ1) is 9.96. The predicted octanol–water partition coefficient (Wildman–Crippen LogP) is 0.984. The average Bonchev–Trinajstić information content (AvgIpc) is 2.96. The Morgan fingerprint density at radius 2 is 2.24 bits per heavy atom. The van der Waals surface area contributed by atoms with Crippen LogP contribution < -0.4 is 5.32 Å². The van der Waals surface area contributed by atoms with E-state index < -0.39 is 12.7 Å². The molecule has 1 aromatic heterocycles. The van der Waals surface area contributed by atoms with Crippen molar-refractivity contribution in [3.63, 3.8) is 0 Å². The van der Waals surface area contributed by atoms with Crippen molar-refractivity contribution >= 4 is 5.91 Å². The Balaban J connectivity index is 1.74. The van der Waals surface area contributed by atoms with Gasteiger partial charge in [-0.2, -0.15) is 18.3 Å². The summed E-state index contributed by atoms with van der Waals surface area (Å²) in [6.45, 7) is 0.134. The van der Waals surface area contributed by atoms with Crippen molar-refractivity contribution in [1.29, 1.82) is 0 Å². The van der Waals surface area contributed by atoms with Gasteiger partial charge in [0.25, 0.3) is 0 Å². The number of halogens is 3. The third kappa shape index (κ3) is 5.00. The number of nitrogens with one attached hydrogen (secondary N) is 1. The second-order valence-corrected chi connectivity index (χ2v) is 5.05. The van der Waals surface area contributed by atoms with Crippen molar-refractivity contribution in [2.45, 2.75) is 31.5 Å². The molecule has 0 bridgehead atoms. The smallest absolute Gasteiger partial charge is 0.341 e. The number of carbonyl (C=O) groups is 1. The van der Waals surface area contributed by atoms with Crippen LogP contribution in [0, 0.1) is 0 Å². The number of alkyl halides is 3. The maximum Gasteiger partial charge on any atom is 0.401 e. The number of hydrogen-bond donors (Lipinski definition) is 1. The summed E-state index contributed by atoms with van der Waals surface area (Å²) in [4.78, 5) is 17.6. The second kappa shape index (κ2) is 6.88. The van der Waals surface area contributed by atoms with Gasteiger partial charge in [0.05, 0.1) is 12.6 Å². The summed E-state index contributed by atoms with van der Waals surface area (Å²) in [5.41, 5.74) is 0. The van der Waals surface area contributed by atoms with Crippen LogP contribution in [0.2, 0.25) is 0 Å². The van der Waals surface area contributed by atoms with Crippen LogP contribution in [0.15, 0.2) is 12.7 Å². The SMILES string of the molecule is O=C(CCNCC(F)(F)F)N1CCC[C@@H](n2cncn2)C1. The largest absolute Gasteiger partial charge is 0.401 e. The van der Waals surface area contributed by atoms with E-state index in [0.29, 0.717) is 13.1 Å². The molecule has 1 fully saturated rings. The topological polar surface area (TPSA) is 63.1 Å². The summed E-state index contributed by atoms with van der Waals surface area (Å²) >= 11 is 0. The van der Waals surface area contributed by atoms with Crippen molar-refractivity contribution in [3.8, 4) is 0 Å². The third-order valence-corrected chi connectivity index (χ3v) is 3.40. The van der Waals surface area contributed by atoms with Crippen LogP contribution in [0.1, 0.15) is 25.3 Å². The number of rotatable bonds is 5. The molecular weight excluding hydrogens is 287 g/mol. The number of aromatic nitrogens is 3. The molecule has 0 radical (unpaired) electrons. The summed E-state index contributed by atoms with van der Waals surface area (Å²) < 4.78 is 37.6. The summed E-state index contributed by atoms with van der Waals surface area (Å²) in [5, 5.41) is 6.30. The van der Waals surface area contributed by atoms with Crippen LogP contribution in [0.3, 0.4) is 0 Å². The van der Waals surface area contributed by atoms with E-state index >= 15 is 0 Å². The minimum atomic E-state index is -4.24. The number of likely N-dealkylation sites (tertiary alicyclic amines) is 1. The standard InChI is InChI=1S/C12H18F3N5O/c13-12(14,15)7-16-4-3-11(21)19-5-1-2-10(6-19)20-9-17-8-18-20/h8-10,16H,1-7H2/t10-/m1/s1. The Hall–Kier alpha value is -1.64. The Labute approximate surface area is 120 Å². The fourth-order valence-corrected chi connectivity index (χ4v) is 2.39. The maximum absolute atomic E-state index is 12.0. The van der Waals surface area contributed by atoms with Gasteiger partial charge in [0.15, 0.2) is 0 Å². The highest BCUT2D eigenvalue weighted by Gasteiger charge is 2.27. The van der Waals surface area contributed by atoms with Crippen LogP contribution >= 0.6 is 0 Å². The molecule has 0 aliphatic carbocycles. The van der Waals surface area contributed by atoms with Gasteiger partial charge in [-0.05, 0) is 12.8 Å². The van der Waals surface area contributed by atoms with E-state index in [2.05, 4.69) is 15.4 Å². The molecule has 21 heavy (non-hydrogen) atoms. The van der Waals surface area contributed by atoms with Gasteiger partial charge in [-0.25, -0.2) is 9.67 Å². The van der Waals surface area contributed by atoms with Crippen molar-refractivity contribution in [3.05, 3.63) is 12.7 Å². The summed E-state index contributed by atoms with van der Waals surface area (Å²) in [5.74, 6) is -0.130. The maximum atomic E-state index is 12.0. The van der Waals surface area contributed by atoms with Crippen molar-refractivity contribution in [2.24, 2.45) is 0 Å². The molecule has 0 saturated carbocycles. The number of carbonyl (C=O) groups excluding carboxylic acids is 1. The molecule has 1 saturated heterocycles. The Kier molecular flexibility index (Phi) is 5.16. The number of nitrogens with zero attached hydrogens (tertiary/aromatic N) is 4. The average molecular weight is 305 g/mol. The van der Waals surface area contributed by atoms with Gasteiger partial charge in [0, 0.05) is 26.1 Å². The van der Waals surface area contributed by atoms with Gasteiger partial charge in [-0.15, -0.1) is 0 Å². The Morgan fingerprint density at radius 1 is 1.43 bits per heavy atom. The molecule has 1 amide bonds. The molecule has 2 rings (SSSR count). The fraction of sp³-hybridized carbons (Fsp3) is 0.750. The quantitative estimate of drug-likeness (QED) is 0.824. The minimum absolute atomic E-state index is 0.0306. The van der Waals surface area contributed by atoms with Gasteiger partial charge in [-0.1, -0.05) is 0 Å². The zero-order valence-corrected chi connectivity index (χ0v) is 11.5. The molecule has 2 heterocycles. The number of amides is 1. The molecule has 9 heteroatoms. The van der Waals surface area contributed by atoms with Crippen LogP contribution in [-0.2, 0) is 4.79 Å². The fourth-order valence-electron chi connectivity index (χ4n) is 2.39. The zero-order chi connectivity index (χ0) is 15.3. The highest BCUT2D eigenvalue weighted by Crippen LogP contribution is 2.20. The molecule has 0 unspecified atom stereocenters. The van der Waals surface area contributed by atoms with Crippen molar-refractivity contribution in [1.82, 2.24) is 25.0 Å². The van der Waals surface area contributed by atoms with E-state index in [-0.39, 0.29) is 24.9 Å². The molecule has 1 N–H and O–H groups in total. The molecular formula is C12H18F3N5O. The van der Waals surface area contributed by atoms with Gasteiger partial charge in [0.2, 0.25) is 5.91 Å². The van der Waals surface area contributed by atoms with E-state index in [4.69, 9.17) is 0 Å². The number of piperidine rings is 1. The van der Waals surface area contributed by atoms with Crippen molar-refractivity contribution in [2.75, 3.05) is 26.2 Å². The molecule has 6 nitrogen and oxygen atoms in total. The van der Waals surface area contributed by atoms with Crippen LogP contribution in [0.5, 0.6) is 0 Å². The zero-order valence-electron chi connectivity index (χ0n) is 11.5. The lowest BCUT2D eigenvalue weighted by Crippen LogP contribution is -2.42. The summed E-state index contributed by atoms with van der Waals surface area (Å²) in [6, 6.07) is 0.0911. The second-order valence-electron chi connectivity index (χ2n) is 5.05. The molecule has 0 spiro atoms. The molecule has 1 aliphatic rings. The van der Waals surface area contributed by atoms with Crippen molar-refractivity contribution < 1.29 is 18.0 Å². The highest BCUT2D eigenvalue weighted by molar-refractivity contribution is 5.76. The van der Waals surface area contributed by atoms with Gasteiger partial charge >= 0.3 is 6.18 Å². The molecule has 1 aromatic rings. The summed E-state index contributed by atoms with van der Waals surface area (Å²) in [6.07, 6.45) is 0.656. The van der Waals surface area contributed by atoms with E-state index in [1.165, 1.54) is 6.33 Å². The molecule has 0 aromatic carbocycles. The van der Waals surface area contributed by atoms with Gasteiger partial charge in [0.1, 0.15) is 12.7 Å². The van der Waals surface area contributed by atoms with E-state index in [1.807, 2.05) is 0 Å². The van der Waals surface area contributed by atoms with Crippen LogP contribution in [-0.4, -0.2) is 57.9 Å².